The Labute approximate surface area is 150 Å². The van der Waals surface area contributed by atoms with Gasteiger partial charge in [0, 0.05) is 12.6 Å². The van der Waals surface area contributed by atoms with E-state index in [1.807, 2.05) is 12.3 Å². The summed E-state index contributed by atoms with van der Waals surface area (Å²) in [6.07, 6.45) is 13.4. The first-order valence-corrected chi connectivity index (χ1v) is 9.12. The first-order chi connectivity index (χ1) is 12.8. The second kappa shape index (κ2) is 6.14. The lowest BCUT2D eigenvalue weighted by atomic mass is 9.89. The Hall–Kier alpha value is -2.32. The predicted octanol–water partition coefficient (Wildman–Crippen LogP) is 1.39. The van der Waals surface area contributed by atoms with Crippen molar-refractivity contribution in [2.75, 3.05) is 6.61 Å². The Bertz CT molecular complexity index is 861. The Morgan fingerprint density at radius 3 is 2.88 bits per heavy atom. The van der Waals surface area contributed by atoms with Crippen LogP contribution in [0.15, 0.2) is 29.8 Å². The van der Waals surface area contributed by atoms with Crippen LogP contribution < -0.4 is 4.84 Å². The largest absolute Gasteiger partial charge is 0.394 e. The van der Waals surface area contributed by atoms with Crippen LogP contribution in [0, 0.1) is 5.92 Å². The van der Waals surface area contributed by atoms with Gasteiger partial charge in [0.1, 0.15) is 29.4 Å². The minimum absolute atomic E-state index is 0.00484. The molecule has 2 aromatic heterocycles. The maximum absolute atomic E-state index is 9.20. The molecule has 136 valence electrons. The summed E-state index contributed by atoms with van der Waals surface area (Å²) in [4.78, 5) is 24.0. The molecule has 3 atom stereocenters. The number of aliphatic imine (C=N–C) groups is 1. The Morgan fingerprint density at radius 1 is 1.23 bits per heavy atom. The van der Waals surface area contributed by atoms with Crippen LogP contribution >= 0.6 is 0 Å². The van der Waals surface area contributed by atoms with E-state index in [9.17, 15) is 5.11 Å². The standard InChI is InChI=1S/C18H21N5O3/c24-9-13-4-5-14(25-13)26-23-11-21-15-16(19-10-20-17(15)23)18(6-1-7-22-18)8-12-2-3-12/h1,6-7,10-14,24H,2-5,8-9H2/t13-,14+,18?/m0/s1. The van der Waals surface area contributed by atoms with Crippen LogP contribution in [0.5, 0.6) is 0 Å². The quantitative estimate of drug-likeness (QED) is 0.841. The lowest BCUT2D eigenvalue weighted by molar-refractivity contribution is -0.140. The zero-order chi connectivity index (χ0) is 17.6. The molecule has 1 unspecified atom stereocenters. The van der Waals surface area contributed by atoms with Gasteiger partial charge < -0.3 is 14.7 Å². The number of allylic oxidation sites excluding steroid dienone is 1. The molecule has 26 heavy (non-hydrogen) atoms. The van der Waals surface area contributed by atoms with Crippen molar-refractivity contribution >= 4 is 17.4 Å². The van der Waals surface area contributed by atoms with Crippen LogP contribution in [0.4, 0.5) is 0 Å². The minimum atomic E-state index is -0.451. The summed E-state index contributed by atoms with van der Waals surface area (Å²) >= 11 is 0. The molecule has 2 aromatic rings. The van der Waals surface area contributed by atoms with Crippen LogP contribution in [-0.4, -0.2) is 50.0 Å². The van der Waals surface area contributed by atoms with Gasteiger partial charge in [0.15, 0.2) is 5.65 Å². The van der Waals surface area contributed by atoms with Crippen molar-refractivity contribution in [2.45, 2.75) is 50.0 Å². The van der Waals surface area contributed by atoms with Crippen molar-refractivity contribution in [2.24, 2.45) is 10.9 Å². The van der Waals surface area contributed by atoms with Crippen LogP contribution in [0.1, 0.15) is 37.8 Å². The van der Waals surface area contributed by atoms with Crippen LogP contribution in [-0.2, 0) is 10.3 Å². The van der Waals surface area contributed by atoms with Crippen molar-refractivity contribution < 1.29 is 14.7 Å². The minimum Gasteiger partial charge on any atom is -0.394 e. The molecule has 3 aliphatic rings. The van der Waals surface area contributed by atoms with Gasteiger partial charge in [0.25, 0.3) is 0 Å². The number of nitrogens with zero attached hydrogens (tertiary/aromatic N) is 5. The van der Waals surface area contributed by atoms with E-state index < -0.39 is 11.8 Å². The summed E-state index contributed by atoms with van der Waals surface area (Å²) in [6.45, 7) is 0.00484. The Kier molecular flexibility index (Phi) is 3.75. The highest BCUT2D eigenvalue weighted by molar-refractivity contribution is 5.80. The summed E-state index contributed by atoms with van der Waals surface area (Å²) in [7, 11) is 0. The molecule has 2 aliphatic heterocycles. The van der Waals surface area contributed by atoms with Crippen LogP contribution in [0.25, 0.3) is 11.2 Å². The van der Waals surface area contributed by atoms with E-state index in [0.717, 1.165) is 25.0 Å². The molecule has 0 spiro atoms. The fourth-order valence-electron chi connectivity index (χ4n) is 3.76. The van der Waals surface area contributed by atoms with Crippen molar-refractivity contribution in [3.05, 3.63) is 30.5 Å². The van der Waals surface area contributed by atoms with Crippen molar-refractivity contribution in [1.82, 2.24) is 19.7 Å². The lowest BCUT2D eigenvalue weighted by Crippen LogP contribution is -2.26. The van der Waals surface area contributed by atoms with Gasteiger partial charge in [-0.3, -0.25) is 4.99 Å². The smallest absolute Gasteiger partial charge is 0.225 e. The number of aliphatic hydroxyl groups is 1. The first kappa shape index (κ1) is 15.9. The molecule has 8 nitrogen and oxygen atoms in total. The number of aromatic nitrogens is 4. The van der Waals surface area contributed by atoms with Gasteiger partial charge in [-0.15, -0.1) is 4.73 Å². The lowest BCUT2D eigenvalue weighted by Gasteiger charge is -2.23. The number of aliphatic hydroxyl groups excluding tert-OH is 1. The molecule has 1 N–H and O–H groups in total. The third-order valence-corrected chi connectivity index (χ3v) is 5.28. The van der Waals surface area contributed by atoms with Gasteiger partial charge in [-0.2, -0.15) is 0 Å². The molecule has 0 bridgehead atoms. The van der Waals surface area contributed by atoms with Crippen LogP contribution in [0.3, 0.4) is 0 Å². The molecular formula is C18H21N5O3. The third kappa shape index (κ3) is 2.69. The normalized spacial score (nSPS) is 30.5. The zero-order valence-corrected chi connectivity index (χ0v) is 14.4. The van der Waals surface area contributed by atoms with Crippen LogP contribution in [0.2, 0.25) is 0 Å². The van der Waals surface area contributed by atoms with Gasteiger partial charge in [0.2, 0.25) is 6.29 Å². The van der Waals surface area contributed by atoms with Crippen molar-refractivity contribution in [3.63, 3.8) is 0 Å². The van der Waals surface area contributed by atoms with Gasteiger partial charge in [-0.25, -0.2) is 15.0 Å². The number of hydrogen-bond donors (Lipinski definition) is 1. The number of rotatable bonds is 6. The molecule has 4 heterocycles. The van der Waals surface area contributed by atoms with Crippen molar-refractivity contribution in [1.29, 1.82) is 0 Å². The number of fused-ring (bicyclic) bond motifs is 1. The van der Waals surface area contributed by atoms with Crippen molar-refractivity contribution in [3.8, 4) is 0 Å². The average molecular weight is 355 g/mol. The van der Waals surface area contributed by atoms with E-state index in [4.69, 9.17) is 14.6 Å². The molecule has 8 heteroatoms. The highest BCUT2D eigenvalue weighted by Gasteiger charge is 2.40. The molecule has 1 saturated heterocycles. The van der Waals surface area contributed by atoms with Gasteiger partial charge >= 0.3 is 0 Å². The Morgan fingerprint density at radius 2 is 2.15 bits per heavy atom. The van der Waals surface area contributed by atoms with E-state index >= 15 is 0 Å². The molecule has 1 saturated carbocycles. The summed E-state index contributed by atoms with van der Waals surface area (Å²) in [5.41, 5.74) is 1.68. The SMILES string of the molecule is OC[C@@H]1CC[C@@H](On2cnc3c(C4(CC5CC5)C=CC=N4)ncnc32)O1. The molecular weight excluding hydrogens is 334 g/mol. The summed E-state index contributed by atoms with van der Waals surface area (Å²) in [5.74, 6) is 0.695. The number of hydrogen-bond acceptors (Lipinski definition) is 7. The summed E-state index contributed by atoms with van der Waals surface area (Å²) in [6, 6.07) is 0. The first-order valence-electron chi connectivity index (χ1n) is 9.12. The molecule has 0 aromatic carbocycles. The second-order valence-electron chi connectivity index (χ2n) is 7.23. The molecule has 5 rings (SSSR count). The monoisotopic (exact) mass is 355 g/mol. The topological polar surface area (TPSA) is 94.7 Å². The number of imidazole rings is 1. The van der Waals surface area contributed by atoms with E-state index in [0.29, 0.717) is 17.1 Å². The van der Waals surface area contributed by atoms with E-state index in [2.05, 4.69) is 21.0 Å². The predicted molar refractivity (Wildman–Crippen MR) is 93.5 cm³/mol. The highest BCUT2D eigenvalue weighted by Crippen LogP contribution is 2.45. The average Bonchev–Trinajstić information content (AvgIpc) is 3.05. The zero-order valence-electron chi connectivity index (χ0n) is 14.4. The summed E-state index contributed by atoms with van der Waals surface area (Å²) < 4.78 is 7.18. The fraction of sp³-hybridized carbons (Fsp3) is 0.556. The van der Waals surface area contributed by atoms with Gasteiger partial charge in [-0.1, -0.05) is 12.8 Å². The molecule has 0 radical (unpaired) electrons. The molecule has 1 aliphatic carbocycles. The number of ether oxygens (including phenoxy) is 1. The van der Waals surface area contributed by atoms with Gasteiger partial charge in [0.05, 0.1) is 12.7 Å². The molecule has 2 fully saturated rings. The maximum atomic E-state index is 9.20. The Balaban J connectivity index is 1.48. The van der Waals surface area contributed by atoms with E-state index in [1.165, 1.54) is 17.6 Å². The van der Waals surface area contributed by atoms with E-state index in [-0.39, 0.29) is 12.7 Å². The fourth-order valence-corrected chi connectivity index (χ4v) is 3.76. The maximum Gasteiger partial charge on any atom is 0.225 e. The summed E-state index contributed by atoms with van der Waals surface area (Å²) in [5, 5.41) is 9.20. The van der Waals surface area contributed by atoms with Gasteiger partial charge in [-0.05, 0) is 30.9 Å². The molecule has 0 amide bonds. The van der Waals surface area contributed by atoms with E-state index in [1.54, 1.807) is 12.7 Å². The third-order valence-electron chi connectivity index (χ3n) is 5.28. The highest BCUT2D eigenvalue weighted by atomic mass is 16.8. The second-order valence-corrected chi connectivity index (χ2v) is 7.23.